The molecule has 1 amide bonds. The van der Waals surface area contributed by atoms with Crippen LogP contribution < -0.4 is 14.9 Å². The van der Waals surface area contributed by atoms with Crippen LogP contribution in [0.4, 0.5) is 11.4 Å². The zero-order valence-corrected chi connectivity index (χ0v) is 18.7. The van der Waals surface area contributed by atoms with Gasteiger partial charge < -0.3 is 10.2 Å². The van der Waals surface area contributed by atoms with Crippen molar-refractivity contribution in [2.24, 2.45) is 5.92 Å². The predicted molar refractivity (Wildman–Crippen MR) is 117 cm³/mol. The van der Waals surface area contributed by atoms with Crippen molar-refractivity contribution in [3.8, 4) is 0 Å². The van der Waals surface area contributed by atoms with E-state index < -0.39 is 16.1 Å². The molecule has 0 fully saturated rings. The van der Waals surface area contributed by atoms with Gasteiger partial charge >= 0.3 is 0 Å². The number of anilines is 2. The predicted octanol–water partition coefficient (Wildman–Crippen LogP) is 3.84. The van der Waals surface area contributed by atoms with Gasteiger partial charge in [0.05, 0.1) is 0 Å². The fourth-order valence-electron chi connectivity index (χ4n) is 2.92. The lowest BCUT2D eigenvalue weighted by molar-refractivity contribution is -0.118. The van der Waals surface area contributed by atoms with Gasteiger partial charge in [0.2, 0.25) is 5.91 Å². The monoisotopic (exact) mass is 423 g/mol. The summed E-state index contributed by atoms with van der Waals surface area (Å²) in [5.74, 6) is -0.571. The molecular weight excluding hydrogens is 394 g/mol. The van der Waals surface area contributed by atoms with Crippen LogP contribution in [0.1, 0.15) is 33.3 Å². The van der Waals surface area contributed by atoms with Crippen LogP contribution in [0.2, 0.25) is 0 Å². The molecule has 0 aliphatic rings. The van der Waals surface area contributed by atoms with Crippen LogP contribution in [0.25, 0.3) is 0 Å². The number of nitrogens with one attached hydrogen (secondary N) is 2. The van der Waals surface area contributed by atoms with Crippen LogP contribution in [0, 0.1) is 12.8 Å². The Hall–Kier alpha value is -1.90. The van der Waals surface area contributed by atoms with Crippen molar-refractivity contribution >= 4 is 38.6 Å². The Morgan fingerprint density at radius 2 is 1.86 bits per heavy atom. The normalized spacial score (nSPS) is 12.8. The summed E-state index contributed by atoms with van der Waals surface area (Å²) in [7, 11) is -3.73. The Morgan fingerprint density at radius 1 is 1.18 bits per heavy atom. The number of nitrogens with zero attached hydrogens (tertiary/aromatic N) is 1. The standard InChI is InChI=1S/C20H29N3O3S2/c1-6-23(7-2)16-10-11-17(15(5)13-16)21-20(24)19(14(3)4)22-28(25,26)18-9-8-12-27-18/h8-14,19,22H,6-7H2,1-5H3,(H,21,24)/t19-/m0/s1. The Bertz CT molecular complexity index is 889. The van der Waals surface area contributed by atoms with Crippen LogP contribution in [0.5, 0.6) is 0 Å². The van der Waals surface area contributed by atoms with Gasteiger partial charge in [-0.05, 0) is 61.9 Å². The van der Waals surface area contributed by atoms with E-state index in [1.54, 1.807) is 11.4 Å². The minimum atomic E-state index is -3.73. The minimum absolute atomic E-state index is 0.200. The highest BCUT2D eigenvalue weighted by atomic mass is 32.2. The molecule has 2 rings (SSSR count). The fourth-order valence-corrected chi connectivity index (χ4v) is 5.27. The average molecular weight is 424 g/mol. The molecule has 1 aromatic carbocycles. The van der Waals surface area contributed by atoms with Crippen LogP contribution in [-0.4, -0.2) is 33.5 Å². The molecule has 0 radical (unpaired) electrons. The van der Waals surface area contributed by atoms with E-state index in [1.807, 2.05) is 39.0 Å². The molecule has 8 heteroatoms. The SMILES string of the molecule is CCN(CC)c1ccc(NC(=O)[C@@H](NS(=O)(=O)c2cccs2)C(C)C)c(C)c1. The first-order valence-electron chi connectivity index (χ1n) is 9.41. The van der Waals surface area contributed by atoms with Crippen LogP contribution in [-0.2, 0) is 14.8 Å². The second kappa shape index (κ2) is 9.54. The van der Waals surface area contributed by atoms with Gasteiger partial charge in [0.25, 0.3) is 10.0 Å². The molecular formula is C20H29N3O3S2. The molecule has 0 spiro atoms. The third kappa shape index (κ3) is 5.33. The summed E-state index contributed by atoms with van der Waals surface area (Å²) in [5.41, 5.74) is 2.71. The van der Waals surface area contributed by atoms with Crippen molar-refractivity contribution in [2.45, 2.75) is 44.9 Å². The highest BCUT2D eigenvalue weighted by molar-refractivity contribution is 7.91. The van der Waals surface area contributed by atoms with Crippen molar-refractivity contribution in [3.05, 3.63) is 41.3 Å². The third-order valence-electron chi connectivity index (χ3n) is 4.59. The van der Waals surface area contributed by atoms with E-state index in [2.05, 4.69) is 28.8 Å². The number of thiophene rings is 1. The molecule has 0 saturated heterocycles. The van der Waals surface area contributed by atoms with Crippen LogP contribution in [0.3, 0.4) is 0 Å². The quantitative estimate of drug-likeness (QED) is 0.642. The molecule has 6 nitrogen and oxygen atoms in total. The van der Waals surface area contributed by atoms with Gasteiger partial charge in [0.1, 0.15) is 10.3 Å². The van der Waals surface area contributed by atoms with Gasteiger partial charge in [0, 0.05) is 24.5 Å². The molecule has 2 aromatic rings. The lowest BCUT2D eigenvalue weighted by atomic mass is 10.0. The summed E-state index contributed by atoms with van der Waals surface area (Å²) < 4.78 is 27.8. The van der Waals surface area contributed by atoms with Crippen molar-refractivity contribution < 1.29 is 13.2 Å². The van der Waals surface area contributed by atoms with Crippen molar-refractivity contribution in [1.82, 2.24) is 4.72 Å². The molecule has 0 unspecified atom stereocenters. The summed E-state index contributed by atoms with van der Waals surface area (Å²) in [6.07, 6.45) is 0. The average Bonchev–Trinajstić information content (AvgIpc) is 3.18. The minimum Gasteiger partial charge on any atom is -0.372 e. The van der Waals surface area contributed by atoms with E-state index in [1.165, 1.54) is 6.07 Å². The molecule has 28 heavy (non-hydrogen) atoms. The maximum atomic E-state index is 12.8. The van der Waals surface area contributed by atoms with E-state index in [-0.39, 0.29) is 16.0 Å². The first-order chi connectivity index (χ1) is 13.2. The second-order valence-corrected chi connectivity index (χ2v) is 9.82. The van der Waals surface area contributed by atoms with Crippen LogP contribution in [0.15, 0.2) is 39.9 Å². The van der Waals surface area contributed by atoms with E-state index in [4.69, 9.17) is 0 Å². The third-order valence-corrected chi connectivity index (χ3v) is 7.43. The topological polar surface area (TPSA) is 78.5 Å². The highest BCUT2D eigenvalue weighted by Crippen LogP contribution is 2.24. The smallest absolute Gasteiger partial charge is 0.250 e. The van der Waals surface area contributed by atoms with Crippen molar-refractivity contribution in [2.75, 3.05) is 23.3 Å². The van der Waals surface area contributed by atoms with Gasteiger partial charge in [-0.3, -0.25) is 4.79 Å². The van der Waals surface area contributed by atoms with Gasteiger partial charge in [-0.1, -0.05) is 19.9 Å². The first kappa shape index (κ1) is 22.4. The van der Waals surface area contributed by atoms with E-state index in [9.17, 15) is 13.2 Å². The lowest BCUT2D eigenvalue weighted by Crippen LogP contribution is -2.46. The first-order valence-corrected chi connectivity index (χ1v) is 11.8. The zero-order valence-electron chi connectivity index (χ0n) is 17.0. The molecule has 1 aromatic heterocycles. The zero-order chi connectivity index (χ0) is 20.9. The van der Waals surface area contributed by atoms with Gasteiger partial charge in [0.15, 0.2) is 0 Å². The molecule has 0 bridgehead atoms. The Kier molecular flexibility index (Phi) is 7.63. The van der Waals surface area contributed by atoms with E-state index in [0.717, 1.165) is 35.7 Å². The number of hydrogen-bond acceptors (Lipinski definition) is 5. The number of carbonyl (C=O) groups is 1. The lowest BCUT2D eigenvalue weighted by Gasteiger charge is -2.24. The molecule has 2 N–H and O–H groups in total. The highest BCUT2D eigenvalue weighted by Gasteiger charge is 2.29. The molecule has 0 saturated carbocycles. The molecule has 1 atom stereocenters. The van der Waals surface area contributed by atoms with Crippen molar-refractivity contribution in [3.63, 3.8) is 0 Å². The Balaban J connectivity index is 2.19. The maximum Gasteiger partial charge on any atom is 0.250 e. The number of hydrogen-bond donors (Lipinski definition) is 2. The largest absolute Gasteiger partial charge is 0.372 e. The van der Waals surface area contributed by atoms with Gasteiger partial charge in [-0.25, -0.2) is 8.42 Å². The number of carbonyl (C=O) groups excluding carboxylic acids is 1. The van der Waals surface area contributed by atoms with Crippen LogP contribution >= 0.6 is 11.3 Å². The van der Waals surface area contributed by atoms with Gasteiger partial charge in [-0.15, -0.1) is 11.3 Å². The number of amides is 1. The number of rotatable bonds is 9. The second-order valence-electron chi connectivity index (χ2n) is 6.94. The summed E-state index contributed by atoms with van der Waals surface area (Å²) >= 11 is 1.12. The summed E-state index contributed by atoms with van der Waals surface area (Å²) in [6.45, 7) is 11.6. The summed E-state index contributed by atoms with van der Waals surface area (Å²) in [6, 6.07) is 8.20. The molecule has 0 aliphatic carbocycles. The summed E-state index contributed by atoms with van der Waals surface area (Å²) in [5, 5.41) is 4.57. The summed E-state index contributed by atoms with van der Waals surface area (Å²) in [4.78, 5) is 15.1. The Morgan fingerprint density at radius 3 is 2.36 bits per heavy atom. The fraction of sp³-hybridized carbons (Fsp3) is 0.450. The molecule has 0 aliphatic heterocycles. The number of sulfonamides is 1. The van der Waals surface area contributed by atoms with E-state index >= 15 is 0 Å². The number of aryl methyl sites for hydroxylation is 1. The maximum absolute atomic E-state index is 12.8. The van der Waals surface area contributed by atoms with Gasteiger partial charge in [-0.2, -0.15) is 4.72 Å². The van der Waals surface area contributed by atoms with E-state index in [0.29, 0.717) is 5.69 Å². The van der Waals surface area contributed by atoms with Crippen molar-refractivity contribution in [1.29, 1.82) is 0 Å². The molecule has 1 heterocycles. The Labute approximate surface area is 172 Å². The number of benzene rings is 1. The molecule has 154 valence electrons.